The van der Waals surface area contributed by atoms with Crippen molar-refractivity contribution in [3.8, 4) is 0 Å². The summed E-state index contributed by atoms with van der Waals surface area (Å²) >= 11 is 0. The first-order valence-electron chi connectivity index (χ1n) is 4.17. The maximum atomic E-state index is 9.71. The summed E-state index contributed by atoms with van der Waals surface area (Å²) in [7, 11) is 0. The van der Waals surface area contributed by atoms with Crippen LogP contribution in [0.5, 0.6) is 0 Å². The molecule has 0 aromatic heterocycles. The molecule has 1 unspecified atom stereocenters. The van der Waals surface area contributed by atoms with Crippen molar-refractivity contribution in [1.82, 2.24) is 0 Å². The zero-order chi connectivity index (χ0) is 9.19. The molecule has 1 N–H and O–H groups in total. The molecule has 1 aliphatic rings. The normalized spacial score (nSPS) is 28.9. The summed E-state index contributed by atoms with van der Waals surface area (Å²) in [5.41, 5.74) is 0.223. The predicted molar refractivity (Wildman–Crippen MR) is 51.2 cm³/mol. The molecule has 0 aromatic rings. The molecule has 66 valence electrons. The molecule has 0 radical (unpaired) electrons. The number of rotatable bonds is 1. The van der Waals surface area contributed by atoms with Crippen LogP contribution in [0, 0.1) is 5.92 Å². The van der Waals surface area contributed by atoms with E-state index in [1.807, 2.05) is 12.2 Å². The molecule has 0 amide bonds. The molecular weight excluding hydrogens is 150 g/mol. The van der Waals surface area contributed by atoms with E-state index in [1.54, 1.807) is 19.3 Å². The van der Waals surface area contributed by atoms with Crippen LogP contribution in [0.2, 0.25) is 0 Å². The molecule has 2 heteroatoms. The minimum atomic E-state index is -0.900. The van der Waals surface area contributed by atoms with E-state index in [2.05, 4.69) is 18.8 Å². The first-order chi connectivity index (χ1) is 5.51. The van der Waals surface area contributed by atoms with Gasteiger partial charge in [0, 0.05) is 12.4 Å². The fourth-order valence-corrected chi connectivity index (χ4v) is 1.10. The van der Waals surface area contributed by atoms with Crippen LogP contribution in [0.1, 0.15) is 20.8 Å². The SMILES string of the molecule is CC(C)C1=CC(C)(O)C=NC=C1. The van der Waals surface area contributed by atoms with Crippen molar-refractivity contribution in [2.45, 2.75) is 26.4 Å². The lowest BCUT2D eigenvalue weighted by Gasteiger charge is -2.14. The molecule has 0 saturated heterocycles. The minimum absolute atomic E-state index is 0.425. The van der Waals surface area contributed by atoms with Crippen molar-refractivity contribution < 1.29 is 5.11 Å². The standard InChI is InChI=1S/C10H15NO/c1-8(2)9-4-5-11-7-10(3,12)6-9/h4-8,12H,1-3H3. The number of allylic oxidation sites excluding steroid dienone is 2. The summed E-state index contributed by atoms with van der Waals surface area (Å²) in [5.74, 6) is 0.425. The van der Waals surface area contributed by atoms with Gasteiger partial charge in [0.05, 0.1) is 0 Å². The summed E-state index contributed by atoms with van der Waals surface area (Å²) in [4.78, 5) is 3.95. The molecule has 1 aliphatic heterocycles. The Balaban J connectivity index is 2.95. The van der Waals surface area contributed by atoms with E-state index >= 15 is 0 Å². The molecule has 0 bridgehead atoms. The van der Waals surface area contributed by atoms with Gasteiger partial charge in [0.25, 0.3) is 0 Å². The average molecular weight is 165 g/mol. The van der Waals surface area contributed by atoms with E-state index in [4.69, 9.17) is 0 Å². The second kappa shape index (κ2) is 3.23. The maximum absolute atomic E-state index is 9.71. The van der Waals surface area contributed by atoms with Gasteiger partial charge >= 0.3 is 0 Å². The maximum Gasteiger partial charge on any atom is 0.116 e. The Morgan fingerprint density at radius 2 is 2.17 bits per heavy atom. The summed E-state index contributed by atoms with van der Waals surface area (Å²) in [6.45, 7) is 5.92. The van der Waals surface area contributed by atoms with Gasteiger partial charge in [-0.3, -0.25) is 4.99 Å². The smallest absolute Gasteiger partial charge is 0.116 e. The lowest BCUT2D eigenvalue weighted by Crippen LogP contribution is -2.23. The Bertz CT molecular complexity index is 247. The topological polar surface area (TPSA) is 32.6 Å². The van der Waals surface area contributed by atoms with Crippen LogP contribution in [0.3, 0.4) is 0 Å². The third-order valence-electron chi connectivity index (χ3n) is 1.81. The zero-order valence-electron chi connectivity index (χ0n) is 7.78. The van der Waals surface area contributed by atoms with Crippen molar-refractivity contribution in [3.05, 3.63) is 23.9 Å². The Morgan fingerprint density at radius 1 is 1.50 bits per heavy atom. The minimum Gasteiger partial charge on any atom is -0.380 e. The van der Waals surface area contributed by atoms with Gasteiger partial charge in [0.1, 0.15) is 5.60 Å². The van der Waals surface area contributed by atoms with Gasteiger partial charge in [-0.1, -0.05) is 13.8 Å². The van der Waals surface area contributed by atoms with Crippen LogP contribution < -0.4 is 0 Å². The van der Waals surface area contributed by atoms with Crippen molar-refractivity contribution in [2.24, 2.45) is 10.9 Å². The molecule has 0 saturated carbocycles. The van der Waals surface area contributed by atoms with E-state index in [0.717, 1.165) is 5.57 Å². The molecule has 1 atom stereocenters. The van der Waals surface area contributed by atoms with Crippen molar-refractivity contribution >= 4 is 6.21 Å². The Kier molecular flexibility index (Phi) is 2.48. The van der Waals surface area contributed by atoms with E-state index < -0.39 is 5.60 Å². The molecule has 0 spiro atoms. The van der Waals surface area contributed by atoms with E-state index in [-0.39, 0.29) is 0 Å². The molecule has 1 heterocycles. The Hall–Kier alpha value is -0.890. The number of nitrogens with zero attached hydrogens (tertiary/aromatic N) is 1. The number of hydrogen-bond donors (Lipinski definition) is 1. The zero-order valence-corrected chi connectivity index (χ0v) is 7.78. The van der Waals surface area contributed by atoms with Crippen molar-refractivity contribution in [2.75, 3.05) is 0 Å². The van der Waals surface area contributed by atoms with Gasteiger partial charge < -0.3 is 5.11 Å². The Morgan fingerprint density at radius 3 is 2.75 bits per heavy atom. The van der Waals surface area contributed by atoms with E-state index in [1.165, 1.54) is 0 Å². The first kappa shape index (κ1) is 9.20. The summed E-state index contributed by atoms with van der Waals surface area (Å²) in [6, 6.07) is 0. The van der Waals surface area contributed by atoms with Gasteiger partial charge in [-0.2, -0.15) is 0 Å². The summed E-state index contributed by atoms with van der Waals surface area (Å²) < 4.78 is 0. The largest absolute Gasteiger partial charge is 0.380 e. The van der Waals surface area contributed by atoms with Crippen molar-refractivity contribution in [3.63, 3.8) is 0 Å². The molecular formula is C10H15NO. The number of aliphatic hydroxyl groups is 1. The molecule has 12 heavy (non-hydrogen) atoms. The second-order valence-electron chi connectivity index (χ2n) is 3.62. The fourth-order valence-electron chi connectivity index (χ4n) is 1.10. The predicted octanol–water partition coefficient (Wildman–Crippen LogP) is 1.92. The molecule has 0 fully saturated rings. The Labute approximate surface area is 73.3 Å². The highest BCUT2D eigenvalue weighted by Gasteiger charge is 2.16. The number of hydrogen-bond acceptors (Lipinski definition) is 2. The third kappa shape index (κ3) is 2.31. The van der Waals surface area contributed by atoms with Gasteiger partial charge in [-0.15, -0.1) is 0 Å². The van der Waals surface area contributed by atoms with Crippen molar-refractivity contribution in [1.29, 1.82) is 0 Å². The highest BCUT2D eigenvalue weighted by atomic mass is 16.3. The molecule has 0 aromatic carbocycles. The van der Waals surface area contributed by atoms with Crippen LogP contribution in [-0.4, -0.2) is 16.9 Å². The van der Waals surface area contributed by atoms with Gasteiger partial charge in [0.15, 0.2) is 0 Å². The van der Waals surface area contributed by atoms with Gasteiger partial charge in [-0.25, -0.2) is 0 Å². The molecule has 2 nitrogen and oxygen atoms in total. The van der Waals surface area contributed by atoms with E-state index in [0.29, 0.717) is 5.92 Å². The lowest BCUT2D eigenvalue weighted by molar-refractivity contribution is 0.188. The quantitative estimate of drug-likeness (QED) is 0.632. The summed E-state index contributed by atoms with van der Waals surface area (Å²) in [5, 5.41) is 9.71. The first-order valence-corrected chi connectivity index (χ1v) is 4.17. The molecule has 1 rings (SSSR count). The average Bonchev–Trinajstić information content (AvgIpc) is 2.10. The van der Waals surface area contributed by atoms with Gasteiger partial charge in [-0.05, 0) is 30.6 Å². The van der Waals surface area contributed by atoms with Crippen LogP contribution in [0.15, 0.2) is 28.9 Å². The van der Waals surface area contributed by atoms with Crippen LogP contribution in [-0.2, 0) is 0 Å². The van der Waals surface area contributed by atoms with Gasteiger partial charge in [0.2, 0.25) is 0 Å². The van der Waals surface area contributed by atoms with E-state index in [9.17, 15) is 5.11 Å². The van der Waals surface area contributed by atoms with Crippen LogP contribution in [0.25, 0.3) is 0 Å². The van der Waals surface area contributed by atoms with Crippen LogP contribution in [0.4, 0.5) is 0 Å². The fraction of sp³-hybridized carbons (Fsp3) is 0.500. The molecule has 0 aliphatic carbocycles. The highest BCUT2D eigenvalue weighted by Crippen LogP contribution is 2.18. The monoisotopic (exact) mass is 165 g/mol. The summed E-state index contributed by atoms with van der Waals surface area (Å²) in [6.07, 6.45) is 7.03. The third-order valence-corrected chi connectivity index (χ3v) is 1.81. The lowest BCUT2D eigenvalue weighted by atomic mass is 9.97. The number of aliphatic imine (C=N–C) groups is 1. The highest BCUT2D eigenvalue weighted by molar-refractivity contribution is 5.72. The second-order valence-corrected chi connectivity index (χ2v) is 3.62. The van der Waals surface area contributed by atoms with Crippen LogP contribution >= 0.6 is 0 Å².